The highest BCUT2D eigenvalue weighted by atomic mass is 16.5. The molecule has 0 saturated heterocycles. The highest BCUT2D eigenvalue weighted by Crippen LogP contribution is 2.64. The molecule has 2 aliphatic rings. The second kappa shape index (κ2) is 7.45. The van der Waals surface area contributed by atoms with Gasteiger partial charge in [0, 0.05) is 28.8 Å². The number of ketones is 1. The summed E-state index contributed by atoms with van der Waals surface area (Å²) in [7, 11) is 4.83. The molecule has 32 heavy (non-hydrogen) atoms. The van der Waals surface area contributed by atoms with Crippen LogP contribution < -0.4 is 18.9 Å². The molecule has 0 bridgehead atoms. The molecule has 0 aromatic heterocycles. The van der Waals surface area contributed by atoms with Crippen molar-refractivity contribution in [1.82, 2.24) is 0 Å². The largest absolute Gasteiger partial charge is 0.497 e. The molecule has 2 atom stereocenters. The molecular formula is C27H24O5. The van der Waals surface area contributed by atoms with Crippen LogP contribution in [0.5, 0.6) is 23.0 Å². The van der Waals surface area contributed by atoms with E-state index in [0.29, 0.717) is 22.8 Å². The number of rotatable bonds is 5. The monoisotopic (exact) mass is 428 g/mol. The lowest BCUT2D eigenvalue weighted by Crippen LogP contribution is -2.35. The van der Waals surface area contributed by atoms with Gasteiger partial charge in [0.1, 0.15) is 28.9 Å². The van der Waals surface area contributed by atoms with Crippen LogP contribution >= 0.6 is 0 Å². The first kappa shape index (κ1) is 20.2. The van der Waals surface area contributed by atoms with Gasteiger partial charge in [-0.05, 0) is 24.6 Å². The van der Waals surface area contributed by atoms with Crippen molar-refractivity contribution in [3.63, 3.8) is 0 Å². The molecule has 0 fully saturated rings. The Kier molecular flexibility index (Phi) is 4.70. The summed E-state index contributed by atoms with van der Waals surface area (Å²) in [5.74, 6) is 1.98. The molecule has 1 aliphatic heterocycles. The summed E-state index contributed by atoms with van der Waals surface area (Å²) in [5, 5.41) is 0. The third-order valence-corrected chi connectivity index (χ3v) is 6.46. The fraction of sp³-hybridized carbons (Fsp3) is 0.222. The quantitative estimate of drug-likeness (QED) is 0.563. The van der Waals surface area contributed by atoms with Crippen LogP contribution in [0.15, 0.2) is 72.3 Å². The molecule has 0 unspecified atom stereocenters. The van der Waals surface area contributed by atoms with Crippen molar-refractivity contribution in [2.75, 3.05) is 21.3 Å². The maximum absolute atomic E-state index is 13.8. The van der Waals surface area contributed by atoms with Crippen molar-refractivity contribution in [1.29, 1.82) is 0 Å². The first-order valence-electron chi connectivity index (χ1n) is 10.5. The van der Waals surface area contributed by atoms with E-state index in [1.54, 1.807) is 27.4 Å². The standard InChI is InChI=1S/C27H24O5/c1-16-24(17-8-6-5-7-9-17)27(18-10-12-19(29-2)13-11-18)25(26(16)28)23-21(31-4)14-20(30-3)15-22(23)32-27/h5-15,25H,1-4H3/t25-,27+/m1/s1. The van der Waals surface area contributed by atoms with E-state index < -0.39 is 11.5 Å². The lowest BCUT2D eigenvalue weighted by Gasteiger charge is -2.33. The van der Waals surface area contributed by atoms with E-state index in [4.69, 9.17) is 18.9 Å². The third-order valence-electron chi connectivity index (χ3n) is 6.46. The number of hydrogen-bond acceptors (Lipinski definition) is 5. The van der Waals surface area contributed by atoms with Crippen molar-refractivity contribution >= 4 is 11.4 Å². The number of fused-ring (bicyclic) bond motifs is 3. The van der Waals surface area contributed by atoms with Crippen LogP contribution in [-0.4, -0.2) is 27.1 Å². The van der Waals surface area contributed by atoms with Crippen LogP contribution in [0, 0.1) is 0 Å². The first-order chi connectivity index (χ1) is 15.5. The zero-order valence-electron chi connectivity index (χ0n) is 18.5. The summed E-state index contributed by atoms with van der Waals surface area (Å²) in [6.45, 7) is 1.88. The molecule has 3 aromatic rings. The van der Waals surface area contributed by atoms with Gasteiger partial charge in [-0.15, -0.1) is 0 Å². The Morgan fingerprint density at radius 1 is 0.844 bits per heavy atom. The van der Waals surface area contributed by atoms with E-state index in [0.717, 1.165) is 28.0 Å². The number of methoxy groups -OCH3 is 3. The zero-order chi connectivity index (χ0) is 22.5. The molecule has 0 spiro atoms. The number of hydrogen-bond donors (Lipinski definition) is 0. The maximum atomic E-state index is 13.8. The Balaban J connectivity index is 1.82. The molecule has 1 heterocycles. The van der Waals surface area contributed by atoms with Crippen LogP contribution in [0.25, 0.3) is 5.57 Å². The number of allylic oxidation sites excluding steroid dienone is 1. The van der Waals surface area contributed by atoms with Gasteiger partial charge in [0.05, 0.1) is 26.9 Å². The topological polar surface area (TPSA) is 54.0 Å². The van der Waals surface area contributed by atoms with Crippen LogP contribution in [0.1, 0.15) is 29.5 Å². The summed E-state index contributed by atoms with van der Waals surface area (Å²) in [6.07, 6.45) is 0. The Hall–Kier alpha value is -3.73. The van der Waals surface area contributed by atoms with Gasteiger partial charge in [-0.2, -0.15) is 0 Å². The van der Waals surface area contributed by atoms with Gasteiger partial charge in [-0.1, -0.05) is 42.5 Å². The predicted molar refractivity (Wildman–Crippen MR) is 122 cm³/mol. The molecule has 0 amide bonds. The fourth-order valence-corrected chi connectivity index (χ4v) is 5.04. The van der Waals surface area contributed by atoms with E-state index in [1.165, 1.54) is 0 Å². The number of carbonyl (C=O) groups is 1. The van der Waals surface area contributed by atoms with Crippen molar-refractivity contribution in [2.24, 2.45) is 0 Å². The number of Topliss-reactive ketones (excluding diaryl/α,β-unsaturated/α-hetero) is 1. The van der Waals surface area contributed by atoms with Crippen molar-refractivity contribution in [2.45, 2.75) is 18.4 Å². The van der Waals surface area contributed by atoms with Gasteiger partial charge in [-0.25, -0.2) is 0 Å². The molecule has 0 saturated carbocycles. The highest BCUT2D eigenvalue weighted by molar-refractivity contribution is 6.15. The molecule has 3 aromatic carbocycles. The van der Waals surface area contributed by atoms with Gasteiger partial charge in [0.2, 0.25) is 0 Å². The van der Waals surface area contributed by atoms with Gasteiger partial charge >= 0.3 is 0 Å². The average molecular weight is 428 g/mol. The zero-order valence-corrected chi connectivity index (χ0v) is 18.5. The first-order valence-corrected chi connectivity index (χ1v) is 10.5. The Morgan fingerprint density at radius 2 is 1.53 bits per heavy atom. The Morgan fingerprint density at radius 3 is 2.16 bits per heavy atom. The third kappa shape index (κ3) is 2.67. The SMILES string of the molecule is COc1ccc([C@@]23Oc4cc(OC)cc(OC)c4[C@@H]2C(=O)C(C)=C3c2ccccc2)cc1. The normalized spacial score (nSPS) is 21.1. The van der Waals surface area contributed by atoms with E-state index >= 15 is 0 Å². The fourth-order valence-electron chi connectivity index (χ4n) is 5.04. The van der Waals surface area contributed by atoms with Gasteiger partial charge < -0.3 is 18.9 Å². The van der Waals surface area contributed by atoms with Crippen molar-refractivity contribution in [3.8, 4) is 23.0 Å². The summed E-state index contributed by atoms with van der Waals surface area (Å²) in [5.41, 5.74) is 3.13. The second-order valence-electron chi connectivity index (χ2n) is 7.97. The average Bonchev–Trinajstić information content (AvgIpc) is 3.29. The molecule has 0 radical (unpaired) electrons. The van der Waals surface area contributed by atoms with Gasteiger partial charge in [0.15, 0.2) is 11.4 Å². The molecular weight excluding hydrogens is 404 g/mol. The minimum atomic E-state index is -1.02. The molecule has 162 valence electrons. The van der Waals surface area contributed by atoms with Crippen LogP contribution in [-0.2, 0) is 10.4 Å². The number of benzene rings is 3. The highest BCUT2D eigenvalue weighted by Gasteiger charge is 2.62. The smallest absolute Gasteiger partial charge is 0.174 e. The minimum absolute atomic E-state index is 0.0295. The lowest BCUT2D eigenvalue weighted by molar-refractivity contribution is -0.118. The van der Waals surface area contributed by atoms with E-state index in [2.05, 4.69) is 0 Å². The minimum Gasteiger partial charge on any atom is -0.497 e. The Bertz CT molecular complexity index is 1230. The summed E-state index contributed by atoms with van der Waals surface area (Å²) in [6, 6.07) is 21.3. The predicted octanol–water partition coefficient (Wildman–Crippen LogP) is 5.14. The van der Waals surface area contributed by atoms with Crippen LogP contribution in [0.2, 0.25) is 0 Å². The maximum Gasteiger partial charge on any atom is 0.174 e. The van der Waals surface area contributed by atoms with Crippen molar-refractivity contribution in [3.05, 3.63) is 89.0 Å². The van der Waals surface area contributed by atoms with Crippen LogP contribution in [0.4, 0.5) is 0 Å². The summed E-state index contributed by atoms with van der Waals surface area (Å²) in [4.78, 5) is 13.8. The van der Waals surface area contributed by atoms with Crippen molar-refractivity contribution < 1.29 is 23.7 Å². The second-order valence-corrected chi connectivity index (χ2v) is 7.97. The van der Waals surface area contributed by atoms with E-state index in [9.17, 15) is 4.79 Å². The van der Waals surface area contributed by atoms with Gasteiger partial charge in [-0.3, -0.25) is 4.79 Å². The van der Waals surface area contributed by atoms with Gasteiger partial charge in [0.25, 0.3) is 0 Å². The van der Waals surface area contributed by atoms with E-state index in [-0.39, 0.29) is 5.78 Å². The molecule has 5 rings (SSSR count). The molecule has 5 nitrogen and oxygen atoms in total. The number of carbonyl (C=O) groups excluding carboxylic acids is 1. The summed E-state index contributed by atoms with van der Waals surface area (Å²) < 4.78 is 23.3. The van der Waals surface area contributed by atoms with Crippen LogP contribution in [0.3, 0.4) is 0 Å². The molecule has 1 aliphatic carbocycles. The molecule has 0 N–H and O–H groups in total. The number of ether oxygens (including phenoxy) is 4. The Labute approximate surface area is 187 Å². The molecule has 5 heteroatoms. The van der Waals surface area contributed by atoms with E-state index in [1.807, 2.05) is 67.6 Å². The lowest BCUT2D eigenvalue weighted by atomic mass is 9.75. The summed E-state index contributed by atoms with van der Waals surface area (Å²) >= 11 is 0.